The molecule has 2 rings (SSSR count). The van der Waals surface area contributed by atoms with Gasteiger partial charge < -0.3 is 22.0 Å². The summed E-state index contributed by atoms with van der Waals surface area (Å²) >= 11 is 3.31. The Balaban J connectivity index is 0.00000242. The van der Waals surface area contributed by atoms with Crippen molar-refractivity contribution < 1.29 is 25.6 Å². The SMILES string of the molecule is CCOc1ccc(Br)cc1S(=O)(=O)NCCN1CCCC1.[Cl-]. The Bertz CT molecular complexity index is 577. The summed E-state index contributed by atoms with van der Waals surface area (Å²) in [6, 6.07) is 5.01. The Labute approximate surface area is 147 Å². The summed E-state index contributed by atoms with van der Waals surface area (Å²) in [6.45, 7) is 5.54. The van der Waals surface area contributed by atoms with Crippen molar-refractivity contribution in [2.45, 2.75) is 24.7 Å². The fourth-order valence-corrected chi connectivity index (χ4v) is 4.09. The van der Waals surface area contributed by atoms with Crippen LogP contribution in [-0.2, 0) is 10.0 Å². The van der Waals surface area contributed by atoms with Crippen LogP contribution in [0.25, 0.3) is 0 Å². The van der Waals surface area contributed by atoms with Crippen molar-refractivity contribution >= 4 is 26.0 Å². The van der Waals surface area contributed by atoms with Crippen molar-refractivity contribution in [2.24, 2.45) is 0 Å². The molecule has 0 aromatic heterocycles. The van der Waals surface area contributed by atoms with E-state index in [0.717, 1.165) is 19.6 Å². The molecule has 0 amide bonds. The number of halogens is 2. The van der Waals surface area contributed by atoms with Gasteiger partial charge in [0, 0.05) is 17.6 Å². The molecule has 0 bridgehead atoms. The molecule has 0 unspecified atom stereocenters. The minimum absolute atomic E-state index is 0. The van der Waals surface area contributed by atoms with Gasteiger partial charge in [0.2, 0.25) is 10.0 Å². The van der Waals surface area contributed by atoms with Crippen LogP contribution >= 0.6 is 15.9 Å². The predicted octanol–water partition coefficient (Wildman–Crippen LogP) is -0.774. The van der Waals surface area contributed by atoms with Gasteiger partial charge in [-0.1, -0.05) is 15.9 Å². The van der Waals surface area contributed by atoms with Gasteiger partial charge >= 0.3 is 0 Å². The maximum atomic E-state index is 12.4. The van der Waals surface area contributed by atoms with E-state index >= 15 is 0 Å². The lowest BCUT2D eigenvalue weighted by molar-refractivity contribution is -0.00000748. The summed E-state index contributed by atoms with van der Waals surface area (Å²) in [5.41, 5.74) is 0. The van der Waals surface area contributed by atoms with Crippen molar-refractivity contribution in [3.05, 3.63) is 22.7 Å². The van der Waals surface area contributed by atoms with Crippen LogP contribution in [0.3, 0.4) is 0 Å². The topological polar surface area (TPSA) is 58.6 Å². The molecular formula is C14H21BrClN2O3S-. The van der Waals surface area contributed by atoms with Crippen molar-refractivity contribution in [3.8, 4) is 5.75 Å². The number of sulfonamides is 1. The zero-order valence-electron chi connectivity index (χ0n) is 12.5. The third-order valence-corrected chi connectivity index (χ3v) is 5.39. The molecule has 0 aliphatic carbocycles. The lowest BCUT2D eigenvalue weighted by atomic mass is 10.3. The average Bonchev–Trinajstić information content (AvgIpc) is 2.94. The van der Waals surface area contributed by atoms with E-state index < -0.39 is 10.0 Å². The van der Waals surface area contributed by atoms with E-state index in [1.807, 2.05) is 6.92 Å². The van der Waals surface area contributed by atoms with Gasteiger partial charge in [0.25, 0.3) is 0 Å². The number of ether oxygens (including phenoxy) is 1. The van der Waals surface area contributed by atoms with Crippen LogP contribution in [0.2, 0.25) is 0 Å². The molecule has 22 heavy (non-hydrogen) atoms. The maximum Gasteiger partial charge on any atom is 0.244 e. The van der Waals surface area contributed by atoms with E-state index in [9.17, 15) is 8.42 Å². The number of rotatable bonds is 7. The third-order valence-electron chi connectivity index (χ3n) is 3.41. The molecule has 1 fully saturated rings. The van der Waals surface area contributed by atoms with Gasteiger partial charge in [0.15, 0.2) is 0 Å². The third kappa shape index (κ3) is 5.38. The molecule has 1 heterocycles. The van der Waals surface area contributed by atoms with Crippen molar-refractivity contribution in [3.63, 3.8) is 0 Å². The average molecular weight is 413 g/mol. The number of likely N-dealkylation sites (tertiary alicyclic amines) is 1. The molecule has 0 saturated carbocycles. The molecule has 1 aromatic rings. The molecule has 1 aliphatic rings. The van der Waals surface area contributed by atoms with E-state index in [2.05, 4.69) is 25.6 Å². The highest BCUT2D eigenvalue weighted by Gasteiger charge is 2.20. The quantitative estimate of drug-likeness (QED) is 0.639. The molecule has 0 spiro atoms. The molecule has 5 nitrogen and oxygen atoms in total. The Hall–Kier alpha value is -0.340. The number of nitrogens with zero attached hydrogens (tertiary/aromatic N) is 1. The van der Waals surface area contributed by atoms with Crippen LogP contribution in [0, 0.1) is 0 Å². The van der Waals surface area contributed by atoms with Crippen LogP contribution in [-0.4, -0.2) is 46.1 Å². The standard InChI is InChI=1S/C14H21BrN2O3S.ClH/c1-2-20-13-6-5-12(15)11-14(13)21(18,19)16-7-10-17-8-3-4-9-17;/h5-6,11,16H,2-4,7-10H2,1H3;1H/p-1. The number of hydrogen-bond acceptors (Lipinski definition) is 4. The monoisotopic (exact) mass is 411 g/mol. The largest absolute Gasteiger partial charge is 1.00 e. The smallest absolute Gasteiger partial charge is 0.244 e. The van der Waals surface area contributed by atoms with Crippen LogP contribution in [0.4, 0.5) is 0 Å². The summed E-state index contributed by atoms with van der Waals surface area (Å²) in [6.07, 6.45) is 2.40. The van der Waals surface area contributed by atoms with E-state index in [4.69, 9.17) is 4.74 Å². The second-order valence-corrected chi connectivity index (χ2v) is 7.62. The highest BCUT2D eigenvalue weighted by Crippen LogP contribution is 2.27. The lowest BCUT2D eigenvalue weighted by Crippen LogP contribution is -3.00. The molecule has 0 atom stereocenters. The summed E-state index contributed by atoms with van der Waals surface area (Å²) in [4.78, 5) is 2.45. The number of nitrogens with one attached hydrogen (secondary N) is 1. The molecule has 1 N–H and O–H groups in total. The highest BCUT2D eigenvalue weighted by atomic mass is 79.9. The van der Waals surface area contributed by atoms with Gasteiger partial charge in [0.1, 0.15) is 10.6 Å². The minimum Gasteiger partial charge on any atom is -1.00 e. The van der Waals surface area contributed by atoms with Gasteiger partial charge in [-0.25, -0.2) is 13.1 Å². The second-order valence-electron chi connectivity index (χ2n) is 4.97. The van der Waals surface area contributed by atoms with Gasteiger partial charge in [0.05, 0.1) is 6.61 Å². The van der Waals surface area contributed by atoms with Gasteiger partial charge in [-0.05, 0) is 51.1 Å². The zero-order chi connectivity index (χ0) is 15.3. The highest BCUT2D eigenvalue weighted by molar-refractivity contribution is 9.10. The first kappa shape index (κ1) is 19.7. The predicted molar refractivity (Wildman–Crippen MR) is 86.2 cm³/mol. The van der Waals surface area contributed by atoms with E-state index in [1.165, 1.54) is 12.8 Å². The minimum atomic E-state index is -3.56. The van der Waals surface area contributed by atoms with Crippen LogP contribution in [0.5, 0.6) is 5.75 Å². The van der Waals surface area contributed by atoms with E-state index in [-0.39, 0.29) is 17.3 Å². The summed E-state index contributed by atoms with van der Waals surface area (Å²) in [5.74, 6) is 0.384. The fourth-order valence-electron chi connectivity index (χ4n) is 2.39. The van der Waals surface area contributed by atoms with E-state index in [0.29, 0.717) is 23.4 Å². The van der Waals surface area contributed by atoms with Crippen LogP contribution in [0.1, 0.15) is 19.8 Å². The number of benzene rings is 1. The fraction of sp³-hybridized carbons (Fsp3) is 0.571. The first-order valence-electron chi connectivity index (χ1n) is 7.17. The maximum absolute atomic E-state index is 12.4. The molecule has 1 aromatic carbocycles. The van der Waals surface area contributed by atoms with Crippen molar-refractivity contribution in [1.29, 1.82) is 0 Å². The lowest BCUT2D eigenvalue weighted by Gasteiger charge is -2.16. The molecule has 0 radical (unpaired) electrons. The second kappa shape index (κ2) is 9.08. The van der Waals surface area contributed by atoms with E-state index in [1.54, 1.807) is 18.2 Å². The Kier molecular flexibility index (Phi) is 8.13. The Morgan fingerprint density at radius 1 is 1.32 bits per heavy atom. The summed E-state index contributed by atoms with van der Waals surface area (Å²) < 4.78 is 33.6. The Morgan fingerprint density at radius 3 is 2.64 bits per heavy atom. The zero-order valence-corrected chi connectivity index (χ0v) is 15.7. The molecule has 8 heteroatoms. The first-order valence-corrected chi connectivity index (χ1v) is 9.45. The molecule has 1 aliphatic heterocycles. The normalized spacial score (nSPS) is 15.5. The van der Waals surface area contributed by atoms with Gasteiger partial charge in [-0.15, -0.1) is 0 Å². The van der Waals surface area contributed by atoms with Crippen molar-refractivity contribution in [1.82, 2.24) is 9.62 Å². The van der Waals surface area contributed by atoms with Crippen molar-refractivity contribution in [2.75, 3.05) is 32.8 Å². The molecule has 1 saturated heterocycles. The summed E-state index contributed by atoms with van der Waals surface area (Å²) in [5, 5.41) is 0. The first-order chi connectivity index (χ1) is 10.0. The van der Waals surface area contributed by atoms with Crippen LogP contribution < -0.4 is 21.9 Å². The molecule has 126 valence electrons. The number of hydrogen-bond donors (Lipinski definition) is 1. The Morgan fingerprint density at radius 2 is 2.00 bits per heavy atom. The van der Waals surface area contributed by atoms with Gasteiger partial charge in [-0.3, -0.25) is 0 Å². The summed E-state index contributed by atoms with van der Waals surface area (Å²) in [7, 11) is -3.56. The van der Waals surface area contributed by atoms with Crippen LogP contribution in [0.15, 0.2) is 27.6 Å². The van der Waals surface area contributed by atoms with Gasteiger partial charge in [-0.2, -0.15) is 0 Å². The molecular weight excluding hydrogens is 392 g/mol.